The predicted molar refractivity (Wildman–Crippen MR) is 58.3 cm³/mol. The van der Waals surface area contributed by atoms with E-state index in [1.54, 1.807) is 0 Å². The summed E-state index contributed by atoms with van der Waals surface area (Å²) in [6.45, 7) is 3.94. The van der Waals surface area contributed by atoms with Crippen molar-refractivity contribution in [2.45, 2.75) is 32.6 Å². The van der Waals surface area contributed by atoms with E-state index in [1.165, 1.54) is 5.56 Å². The topological polar surface area (TPSA) is 40.1 Å². The molecule has 15 heavy (non-hydrogen) atoms. The highest BCUT2D eigenvalue weighted by atomic mass is 16.4. The van der Waals surface area contributed by atoms with Crippen LogP contribution in [0, 0.1) is 5.92 Å². The van der Waals surface area contributed by atoms with Crippen molar-refractivity contribution in [3.63, 3.8) is 0 Å². The molecule has 1 aromatic carbocycles. The molecule has 0 heterocycles. The van der Waals surface area contributed by atoms with Crippen LogP contribution >= 0.6 is 0 Å². The van der Waals surface area contributed by atoms with Crippen molar-refractivity contribution >= 4 is 5.97 Å². The molecular weight excluding hydrogens is 188 g/mol. The zero-order valence-corrected chi connectivity index (χ0v) is 9.27. The lowest BCUT2D eigenvalue weighted by molar-refractivity contribution is -0.312. The average molecular weight is 205 g/mol. The molecule has 0 saturated heterocycles. The van der Waals surface area contributed by atoms with E-state index in [9.17, 15) is 9.90 Å². The largest absolute Gasteiger partial charge is 0.550 e. The van der Waals surface area contributed by atoms with Gasteiger partial charge in [0.05, 0.1) is 0 Å². The van der Waals surface area contributed by atoms with Gasteiger partial charge < -0.3 is 9.90 Å². The third-order valence-corrected chi connectivity index (χ3v) is 2.83. The second-order valence-corrected chi connectivity index (χ2v) is 3.97. The number of carboxylic acids is 1. The molecule has 0 aromatic heterocycles. The van der Waals surface area contributed by atoms with Crippen LogP contribution in [0.4, 0.5) is 0 Å². The molecule has 0 bridgehead atoms. The molecule has 0 fully saturated rings. The van der Waals surface area contributed by atoms with Gasteiger partial charge in [0.1, 0.15) is 0 Å². The molecule has 2 atom stereocenters. The molecule has 0 N–H and O–H groups in total. The number of aliphatic carboxylic acids is 1. The molecule has 2 heteroatoms. The van der Waals surface area contributed by atoms with Crippen molar-refractivity contribution in [2.75, 3.05) is 0 Å². The van der Waals surface area contributed by atoms with E-state index in [-0.39, 0.29) is 11.8 Å². The Hall–Kier alpha value is -1.31. The van der Waals surface area contributed by atoms with Gasteiger partial charge in [0, 0.05) is 5.97 Å². The second-order valence-electron chi connectivity index (χ2n) is 3.97. The number of carbonyl (C=O) groups excluding carboxylic acids is 1. The first-order chi connectivity index (χ1) is 7.15. The third kappa shape index (κ3) is 3.39. The number of carboxylic acid groups (broad SMARTS) is 1. The van der Waals surface area contributed by atoms with Gasteiger partial charge in [0.25, 0.3) is 0 Å². The van der Waals surface area contributed by atoms with Crippen molar-refractivity contribution in [1.82, 2.24) is 0 Å². The van der Waals surface area contributed by atoms with Gasteiger partial charge in [-0.15, -0.1) is 0 Å². The summed E-state index contributed by atoms with van der Waals surface area (Å²) >= 11 is 0. The summed E-state index contributed by atoms with van der Waals surface area (Å²) in [5.74, 6) is -0.991. The SMILES string of the molecule is CCC(CC(C)c1ccccc1)C(=O)[O-]. The van der Waals surface area contributed by atoms with Crippen molar-refractivity contribution < 1.29 is 9.90 Å². The molecule has 0 radical (unpaired) electrons. The van der Waals surface area contributed by atoms with Gasteiger partial charge in [-0.2, -0.15) is 0 Å². The minimum atomic E-state index is -0.930. The number of benzene rings is 1. The first-order valence-electron chi connectivity index (χ1n) is 5.41. The summed E-state index contributed by atoms with van der Waals surface area (Å²) in [5, 5.41) is 10.8. The number of hydrogen-bond donors (Lipinski definition) is 0. The van der Waals surface area contributed by atoms with Crippen LogP contribution in [-0.4, -0.2) is 5.97 Å². The molecule has 0 saturated carbocycles. The minimum absolute atomic E-state index is 0.272. The van der Waals surface area contributed by atoms with Crippen LogP contribution < -0.4 is 5.11 Å². The summed E-state index contributed by atoms with van der Waals surface area (Å²) in [4.78, 5) is 10.8. The lowest BCUT2D eigenvalue weighted by Crippen LogP contribution is -2.31. The van der Waals surface area contributed by atoms with E-state index < -0.39 is 5.97 Å². The van der Waals surface area contributed by atoms with Crippen molar-refractivity contribution in [2.24, 2.45) is 5.92 Å². The molecule has 1 aromatic rings. The van der Waals surface area contributed by atoms with Crippen LogP contribution in [0.15, 0.2) is 30.3 Å². The first kappa shape index (κ1) is 11.8. The molecular formula is C13H17O2-. The summed E-state index contributed by atoms with van der Waals surface area (Å²) in [7, 11) is 0. The second kappa shape index (κ2) is 5.54. The molecule has 1 rings (SSSR count). The first-order valence-corrected chi connectivity index (χ1v) is 5.41. The molecule has 82 valence electrons. The third-order valence-electron chi connectivity index (χ3n) is 2.83. The molecule has 0 aliphatic rings. The standard InChI is InChI=1S/C13H18O2/c1-3-11(13(14)15)9-10(2)12-7-5-4-6-8-12/h4-8,10-11H,3,9H2,1-2H3,(H,14,15)/p-1. The van der Waals surface area contributed by atoms with E-state index in [4.69, 9.17) is 0 Å². The summed E-state index contributed by atoms with van der Waals surface area (Å²) in [6.07, 6.45) is 1.29. The summed E-state index contributed by atoms with van der Waals surface area (Å²) in [6, 6.07) is 9.99. The van der Waals surface area contributed by atoms with E-state index >= 15 is 0 Å². The fraction of sp³-hybridized carbons (Fsp3) is 0.462. The van der Waals surface area contributed by atoms with Crippen molar-refractivity contribution in [3.8, 4) is 0 Å². The average Bonchev–Trinajstić information content (AvgIpc) is 2.26. The Kier molecular flexibility index (Phi) is 4.35. The number of rotatable bonds is 5. The van der Waals surface area contributed by atoms with E-state index in [2.05, 4.69) is 6.92 Å². The lowest BCUT2D eigenvalue weighted by atomic mass is 9.89. The monoisotopic (exact) mass is 205 g/mol. The number of hydrogen-bond acceptors (Lipinski definition) is 2. The van der Waals surface area contributed by atoms with E-state index in [0.29, 0.717) is 12.8 Å². The predicted octanol–water partition coefficient (Wildman–Crippen LogP) is 1.96. The molecule has 2 unspecified atom stereocenters. The van der Waals surface area contributed by atoms with Crippen LogP contribution in [0.5, 0.6) is 0 Å². The zero-order valence-electron chi connectivity index (χ0n) is 9.27. The lowest BCUT2D eigenvalue weighted by Gasteiger charge is -2.20. The highest BCUT2D eigenvalue weighted by Crippen LogP contribution is 2.24. The van der Waals surface area contributed by atoms with E-state index in [1.807, 2.05) is 37.3 Å². The van der Waals surface area contributed by atoms with Gasteiger partial charge in [-0.25, -0.2) is 0 Å². The highest BCUT2D eigenvalue weighted by Gasteiger charge is 2.13. The Bertz CT molecular complexity index is 306. The molecule has 0 spiro atoms. The summed E-state index contributed by atoms with van der Waals surface area (Å²) in [5.41, 5.74) is 1.19. The Labute approximate surface area is 90.9 Å². The van der Waals surface area contributed by atoms with Crippen molar-refractivity contribution in [1.29, 1.82) is 0 Å². The van der Waals surface area contributed by atoms with Gasteiger partial charge in [-0.1, -0.05) is 44.2 Å². The maximum absolute atomic E-state index is 10.8. The maximum Gasteiger partial charge on any atom is 0.0445 e. The van der Waals surface area contributed by atoms with Crippen LogP contribution in [0.2, 0.25) is 0 Å². The fourth-order valence-electron chi connectivity index (χ4n) is 1.77. The highest BCUT2D eigenvalue weighted by molar-refractivity contribution is 5.67. The Morgan fingerprint density at radius 3 is 2.40 bits per heavy atom. The van der Waals surface area contributed by atoms with Gasteiger partial charge in [-0.3, -0.25) is 0 Å². The van der Waals surface area contributed by atoms with E-state index in [0.717, 1.165) is 0 Å². The molecule has 0 aliphatic carbocycles. The van der Waals surface area contributed by atoms with Crippen LogP contribution in [0.3, 0.4) is 0 Å². The number of carbonyl (C=O) groups is 1. The van der Waals surface area contributed by atoms with Crippen LogP contribution in [0.1, 0.15) is 38.2 Å². The minimum Gasteiger partial charge on any atom is -0.550 e. The van der Waals surface area contributed by atoms with Gasteiger partial charge in [0.15, 0.2) is 0 Å². The molecule has 0 aliphatic heterocycles. The quantitative estimate of drug-likeness (QED) is 0.737. The smallest absolute Gasteiger partial charge is 0.0445 e. The van der Waals surface area contributed by atoms with Gasteiger partial charge in [-0.05, 0) is 30.2 Å². The van der Waals surface area contributed by atoms with Gasteiger partial charge in [0.2, 0.25) is 0 Å². The van der Waals surface area contributed by atoms with Crippen LogP contribution in [0.25, 0.3) is 0 Å². The van der Waals surface area contributed by atoms with Crippen molar-refractivity contribution in [3.05, 3.63) is 35.9 Å². The van der Waals surface area contributed by atoms with Gasteiger partial charge >= 0.3 is 0 Å². The Morgan fingerprint density at radius 1 is 1.33 bits per heavy atom. The Morgan fingerprint density at radius 2 is 1.93 bits per heavy atom. The molecule has 2 nitrogen and oxygen atoms in total. The summed E-state index contributed by atoms with van der Waals surface area (Å²) < 4.78 is 0. The Balaban J connectivity index is 2.62. The maximum atomic E-state index is 10.8. The fourth-order valence-corrected chi connectivity index (χ4v) is 1.77. The zero-order chi connectivity index (χ0) is 11.3. The molecule has 0 amide bonds. The normalized spacial score (nSPS) is 14.5. The van der Waals surface area contributed by atoms with Crippen LogP contribution in [-0.2, 0) is 4.79 Å².